The smallest absolute Gasteiger partial charge is 0.246 e. The molecule has 3 nitrogen and oxygen atoms in total. The molecule has 0 heterocycles. The Morgan fingerprint density at radius 2 is 1.81 bits per heavy atom. The first kappa shape index (κ1) is 11.1. The van der Waals surface area contributed by atoms with Crippen LogP contribution in [-0.2, 0) is 4.79 Å². The van der Waals surface area contributed by atoms with Crippen molar-refractivity contribution in [3.05, 3.63) is 30.3 Å². The fraction of sp³-hybridized carbons (Fsp3) is 0.462. The summed E-state index contributed by atoms with van der Waals surface area (Å²) in [4.78, 5) is 13.9. The number of carbonyl (C=O) groups excluding carboxylic acids is 1. The highest BCUT2D eigenvalue weighted by molar-refractivity contribution is 5.99. The second-order valence-electron chi connectivity index (χ2n) is 4.56. The summed E-state index contributed by atoms with van der Waals surface area (Å²) in [6, 6.07) is 9.65. The van der Waals surface area contributed by atoms with Crippen LogP contribution in [0.15, 0.2) is 30.3 Å². The molecular formula is C13H18N2O. The van der Waals surface area contributed by atoms with E-state index in [0.29, 0.717) is 0 Å². The molecule has 0 aromatic heterocycles. The van der Waals surface area contributed by atoms with E-state index in [1.807, 2.05) is 30.3 Å². The van der Waals surface area contributed by atoms with Crippen LogP contribution in [0.3, 0.4) is 0 Å². The monoisotopic (exact) mass is 218 g/mol. The summed E-state index contributed by atoms with van der Waals surface area (Å²) in [5.74, 6) is 0.0381. The Hall–Kier alpha value is -1.35. The number of carbonyl (C=O) groups is 1. The second kappa shape index (κ2) is 4.26. The molecule has 2 rings (SSSR count). The average molecular weight is 218 g/mol. The quantitative estimate of drug-likeness (QED) is 0.824. The Morgan fingerprint density at radius 3 is 2.38 bits per heavy atom. The number of hydrogen-bond donors (Lipinski definition) is 1. The van der Waals surface area contributed by atoms with Crippen molar-refractivity contribution >= 4 is 11.6 Å². The molecular weight excluding hydrogens is 200 g/mol. The third-order valence-electron chi connectivity index (χ3n) is 3.37. The summed E-state index contributed by atoms with van der Waals surface area (Å²) in [5, 5.41) is 0. The summed E-state index contributed by atoms with van der Waals surface area (Å²) in [6.45, 7) is 0. The van der Waals surface area contributed by atoms with Crippen LogP contribution < -0.4 is 10.6 Å². The third-order valence-corrected chi connectivity index (χ3v) is 3.37. The Morgan fingerprint density at radius 1 is 1.25 bits per heavy atom. The molecule has 16 heavy (non-hydrogen) atoms. The van der Waals surface area contributed by atoms with Gasteiger partial charge in [-0.05, 0) is 25.0 Å². The second-order valence-corrected chi connectivity index (χ2v) is 4.56. The van der Waals surface area contributed by atoms with Gasteiger partial charge in [0.1, 0.15) is 0 Å². The van der Waals surface area contributed by atoms with Crippen molar-refractivity contribution in [2.24, 2.45) is 5.73 Å². The highest BCUT2D eigenvalue weighted by Crippen LogP contribution is 2.30. The van der Waals surface area contributed by atoms with Crippen LogP contribution >= 0.6 is 0 Å². The van der Waals surface area contributed by atoms with Crippen molar-refractivity contribution in [3.8, 4) is 0 Å². The molecule has 1 aliphatic rings. The van der Waals surface area contributed by atoms with Gasteiger partial charge < -0.3 is 10.6 Å². The molecule has 2 N–H and O–H groups in total. The van der Waals surface area contributed by atoms with E-state index < -0.39 is 5.54 Å². The van der Waals surface area contributed by atoms with E-state index in [9.17, 15) is 4.79 Å². The van der Waals surface area contributed by atoms with Crippen LogP contribution in [0.2, 0.25) is 0 Å². The normalized spacial score (nSPS) is 18.4. The SMILES string of the molecule is CN(C(=O)C1(N)CCCC1)c1ccccc1. The zero-order chi connectivity index (χ0) is 11.6. The van der Waals surface area contributed by atoms with E-state index in [4.69, 9.17) is 5.73 Å². The molecule has 0 radical (unpaired) electrons. The average Bonchev–Trinajstić information content (AvgIpc) is 2.77. The van der Waals surface area contributed by atoms with Gasteiger partial charge in [-0.15, -0.1) is 0 Å². The van der Waals surface area contributed by atoms with Crippen molar-refractivity contribution in [1.29, 1.82) is 0 Å². The number of benzene rings is 1. The first-order valence-electron chi connectivity index (χ1n) is 5.76. The maximum Gasteiger partial charge on any atom is 0.246 e. The number of nitrogens with zero attached hydrogens (tertiary/aromatic N) is 1. The molecule has 0 aliphatic heterocycles. The minimum atomic E-state index is -0.634. The number of likely N-dealkylation sites (N-methyl/N-ethyl adjacent to an activating group) is 1. The van der Waals surface area contributed by atoms with Gasteiger partial charge in [-0.3, -0.25) is 4.79 Å². The van der Waals surface area contributed by atoms with E-state index in [1.54, 1.807) is 11.9 Å². The first-order valence-corrected chi connectivity index (χ1v) is 5.76. The van der Waals surface area contributed by atoms with Crippen LogP contribution in [0.4, 0.5) is 5.69 Å². The number of rotatable bonds is 2. The van der Waals surface area contributed by atoms with E-state index >= 15 is 0 Å². The van der Waals surface area contributed by atoms with Crippen molar-refractivity contribution < 1.29 is 4.79 Å². The Balaban J connectivity index is 2.16. The zero-order valence-electron chi connectivity index (χ0n) is 9.65. The van der Waals surface area contributed by atoms with Gasteiger partial charge in [0.2, 0.25) is 5.91 Å². The number of hydrogen-bond acceptors (Lipinski definition) is 2. The van der Waals surface area contributed by atoms with E-state index in [1.165, 1.54) is 0 Å². The van der Waals surface area contributed by atoms with Gasteiger partial charge >= 0.3 is 0 Å². The van der Waals surface area contributed by atoms with Crippen LogP contribution in [0.25, 0.3) is 0 Å². The molecule has 1 amide bonds. The Kier molecular flexibility index (Phi) is 2.97. The Labute approximate surface area is 96.2 Å². The maximum atomic E-state index is 12.3. The summed E-state index contributed by atoms with van der Waals surface area (Å²) in [7, 11) is 1.80. The number of nitrogens with two attached hydrogens (primary N) is 1. The summed E-state index contributed by atoms with van der Waals surface area (Å²) in [5.41, 5.74) is 6.42. The number of anilines is 1. The molecule has 0 unspecified atom stereocenters. The lowest BCUT2D eigenvalue weighted by atomic mass is 9.97. The van der Waals surface area contributed by atoms with E-state index in [-0.39, 0.29) is 5.91 Å². The molecule has 0 spiro atoms. The van der Waals surface area contributed by atoms with Gasteiger partial charge in [-0.1, -0.05) is 31.0 Å². The number of para-hydroxylation sites is 1. The van der Waals surface area contributed by atoms with Gasteiger partial charge in [0.25, 0.3) is 0 Å². The molecule has 1 saturated carbocycles. The molecule has 1 aliphatic carbocycles. The van der Waals surface area contributed by atoms with E-state index in [2.05, 4.69) is 0 Å². The predicted molar refractivity (Wildman–Crippen MR) is 65.2 cm³/mol. The fourth-order valence-corrected chi connectivity index (χ4v) is 2.32. The minimum Gasteiger partial charge on any atom is -0.317 e. The first-order chi connectivity index (χ1) is 7.63. The maximum absolute atomic E-state index is 12.3. The lowest BCUT2D eigenvalue weighted by molar-refractivity contribution is -0.123. The molecule has 86 valence electrons. The minimum absolute atomic E-state index is 0.0381. The van der Waals surface area contributed by atoms with E-state index in [0.717, 1.165) is 31.4 Å². The number of amides is 1. The highest BCUT2D eigenvalue weighted by atomic mass is 16.2. The highest BCUT2D eigenvalue weighted by Gasteiger charge is 2.39. The molecule has 0 bridgehead atoms. The van der Waals surface area contributed by atoms with Crippen LogP contribution in [0, 0.1) is 0 Å². The van der Waals surface area contributed by atoms with Gasteiger partial charge in [-0.25, -0.2) is 0 Å². The van der Waals surface area contributed by atoms with Gasteiger partial charge in [0.05, 0.1) is 5.54 Å². The van der Waals surface area contributed by atoms with Gasteiger partial charge in [0.15, 0.2) is 0 Å². The summed E-state index contributed by atoms with van der Waals surface area (Å²) >= 11 is 0. The topological polar surface area (TPSA) is 46.3 Å². The molecule has 1 aromatic carbocycles. The van der Waals surface area contributed by atoms with Crippen molar-refractivity contribution in [3.63, 3.8) is 0 Å². The molecule has 3 heteroatoms. The predicted octanol–water partition coefficient (Wildman–Crippen LogP) is 1.92. The van der Waals surface area contributed by atoms with Gasteiger partial charge in [-0.2, -0.15) is 0 Å². The largest absolute Gasteiger partial charge is 0.317 e. The lowest BCUT2D eigenvalue weighted by Crippen LogP contribution is -2.52. The Bertz CT molecular complexity index is 369. The van der Waals surface area contributed by atoms with Crippen LogP contribution in [0.1, 0.15) is 25.7 Å². The molecule has 1 fully saturated rings. The molecule has 1 aromatic rings. The lowest BCUT2D eigenvalue weighted by Gasteiger charge is -2.28. The summed E-state index contributed by atoms with van der Waals surface area (Å²) < 4.78 is 0. The standard InChI is InChI=1S/C13H18N2O/c1-15(11-7-3-2-4-8-11)12(16)13(14)9-5-6-10-13/h2-4,7-8H,5-6,9-10,14H2,1H3. The molecule has 0 atom stereocenters. The van der Waals surface area contributed by atoms with Gasteiger partial charge in [0, 0.05) is 12.7 Å². The van der Waals surface area contributed by atoms with Crippen LogP contribution in [0.5, 0.6) is 0 Å². The van der Waals surface area contributed by atoms with Crippen molar-refractivity contribution in [2.75, 3.05) is 11.9 Å². The van der Waals surface area contributed by atoms with Crippen LogP contribution in [-0.4, -0.2) is 18.5 Å². The zero-order valence-corrected chi connectivity index (χ0v) is 9.65. The van der Waals surface area contributed by atoms with Crippen molar-refractivity contribution in [1.82, 2.24) is 0 Å². The third kappa shape index (κ3) is 1.95. The summed E-state index contributed by atoms with van der Waals surface area (Å²) in [6.07, 6.45) is 3.74. The fourth-order valence-electron chi connectivity index (χ4n) is 2.32. The van der Waals surface area contributed by atoms with Crippen molar-refractivity contribution in [2.45, 2.75) is 31.2 Å². The molecule has 0 saturated heterocycles.